The van der Waals surface area contributed by atoms with Crippen molar-refractivity contribution in [2.24, 2.45) is 7.05 Å². The van der Waals surface area contributed by atoms with Crippen LogP contribution in [0.2, 0.25) is 0 Å². The molecule has 0 aromatic carbocycles. The van der Waals surface area contributed by atoms with Crippen molar-refractivity contribution in [3.05, 3.63) is 42.1 Å². The normalized spacial score (nSPS) is 11.0. The predicted molar refractivity (Wildman–Crippen MR) is 83.9 cm³/mol. The largest absolute Gasteiger partial charge is 0.383 e. The minimum absolute atomic E-state index is 0.598. The number of nitrogens with two attached hydrogens (primary N) is 1. The molecule has 22 heavy (non-hydrogen) atoms. The average Bonchev–Trinajstić information content (AvgIpc) is 3.05. The van der Waals surface area contributed by atoms with Gasteiger partial charge < -0.3 is 10.3 Å². The van der Waals surface area contributed by atoms with Gasteiger partial charge in [0.05, 0.1) is 11.8 Å². The molecule has 0 saturated carbocycles. The number of aromatic nitrogens is 6. The summed E-state index contributed by atoms with van der Waals surface area (Å²) in [6.45, 7) is 2.78. The van der Waals surface area contributed by atoms with Gasteiger partial charge in [0.25, 0.3) is 0 Å². The monoisotopic (exact) mass is 297 g/mol. The number of nitrogen functional groups attached to an aromatic ring is 1. The van der Waals surface area contributed by atoms with Gasteiger partial charge in [-0.3, -0.25) is 9.67 Å². The first-order chi connectivity index (χ1) is 10.7. The minimum atomic E-state index is 0.598. The van der Waals surface area contributed by atoms with Crippen LogP contribution in [0.5, 0.6) is 0 Å². The van der Waals surface area contributed by atoms with Crippen molar-refractivity contribution in [1.29, 1.82) is 0 Å². The van der Waals surface area contributed by atoms with Gasteiger partial charge in [-0.25, -0.2) is 0 Å². The third-order valence-corrected chi connectivity index (χ3v) is 3.73. The van der Waals surface area contributed by atoms with E-state index in [-0.39, 0.29) is 0 Å². The summed E-state index contributed by atoms with van der Waals surface area (Å²) in [4.78, 5) is 4.14. The lowest BCUT2D eigenvalue weighted by atomic mass is 10.1. The third kappa shape index (κ3) is 2.69. The molecule has 3 heterocycles. The van der Waals surface area contributed by atoms with Gasteiger partial charge in [0.15, 0.2) is 5.82 Å². The number of hydrogen-bond donors (Lipinski definition) is 1. The van der Waals surface area contributed by atoms with Crippen LogP contribution < -0.4 is 5.73 Å². The van der Waals surface area contributed by atoms with E-state index in [0.717, 1.165) is 36.6 Å². The summed E-state index contributed by atoms with van der Waals surface area (Å²) in [7, 11) is 1.81. The maximum absolute atomic E-state index is 6.04. The first kappa shape index (κ1) is 14.2. The quantitative estimate of drug-likeness (QED) is 0.773. The Bertz CT molecular complexity index is 758. The minimum Gasteiger partial charge on any atom is -0.383 e. The molecule has 0 aliphatic heterocycles. The first-order valence-electron chi connectivity index (χ1n) is 7.23. The number of hydrogen-bond acceptors (Lipinski definition) is 5. The maximum atomic E-state index is 6.04. The zero-order valence-electron chi connectivity index (χ0n) is 12.8. The number of anilines is 1. The zero-order chi connectivity index (χ0) is 15.5. The highest BCUT2D eigenvalue weighted by Gasteiger charge is 2.16. The number of nitrogens with zero attached hydrogens (tertiary/aromatic N) is 6. The average molecular weight is 297 g/mol. The van der Waals surface area contributed by atoms with Crippen LogP contribution in [0.4, 0.5) is 5.82 Å². The van der Waals surface area contributed by atoms with Gasteiger partial charge in [-0.1, -0.05) is 6.07 Å². The van der Waals surface area contributed by atoms with Crippen LogP contribution >= 0.6 is 0 Å². The fourth-order valence-electron chi connectivity index (χ4n) is 2.45. The zero-order valence-corrected chi connectivity index (χ0v) is 12.8. The molecule has 0 unspecified atom stereocenters. The summed E-state index contributed by atoms with van der Waals surface area (Å²) in [5.74, 6) is 2.25. The van der Waals surface area contributed by atoms with E-state index < -0.39 is 0 Å². The topological polar surface area (TPSA) is 87.4 Å². The van der Waals surface area contributed by atoms with Crippen LogP contribution in [0.3, 0.4) is 0 Å². The van der Waals surface area contributed by atoms with Gasteiger partial charge in [0.2, 0.25) is 0 Å². The molecule has 0 bridgehead atoms. The highest BCUT2D eigenvalue weighted by molar-refractivity contribution is 5.68. The fraction of sp³-hybridized carbons (Fsp3) is 0.333. The van der Waals surface area contributed by atoms with Crippen molar-refractivity contribution in [1.82, 2.24) is 29.5 Å². The molecule has 7 nitrogen and oxygen atoms in total. The van der Waals surface area contributed by atoms with Crippen molar-refractivity contribution < 1.29 is 0 Å². The highest BCUT2D eigenvalue weighted by Crippen LogP contribution is 2.24. The van der Waals surface area contributed by atoms with Crippen LogP contribution in [0.25, 0.3) is 11.4 Å². The van der Waals surface area contributed by atoms with Crippen LogP contribution in [0.15, 0.2) is 30.7 Å². The predicted octanol–water partition coefficient (Wildman–Crippen LogP) is 1.60. The molecule has 114 valence electrons. The van der Waals surface area contributed by atoms with Gasteiger partial charge in [0, 0.05) is 26.0 Å². The van der Waals surface area contributed by atoms with Crippen molar-refractivity contribution in [2.45, 2.75) is 26.3 Å². The van der Waals surface area contributed by atoms with E-state index in [2.05, 4.69) is 30.9 Å². The third-order valence-electron chi connectivity index (χ3n) is 3.73. The number of aryl methyl sites for hydroxylation is 3. The van der Waals surface area contributed by atoms with Gasteiger partial charge in [-0.2, -0.15) is 5.10 Å². The molecule has 3 rings (SSSR count). The van der Waals surface area contributed by atoms with Gasteiger partial charge in [-0.15, -0.1) is 10.2 Å². The molecule has 0 saturated heterocycles. The Kier molecular flexibility index (Phi) is 3.86. The SMILES string of the molecule is Cc1nnc(-c2cnn(C)c2N)n1CCCc1cccnc1. The van der Waals surface area contributed by atoms with E-state index in [4.69, 9.17) is 5.73 Å². The van der Waals surface area contributed by atoms with Crippen LogP contribution in [0, 0.1) is 6.92 Å². The summed E-state index contributed by atoms with van der Waals surface area (Å²) >= 11 is 0. The summed E-state index contributed by atoms with van der Waals surface area (Å²) in [6.07, 6.45) is 7.37. The van der Waals surface area contributed by atoms with E-state index >= 15 is 0 Å². The van der Waals surface area contributed by atoms with E-state index in [1.54, 1.807) is 17.1 Å². The molecule has 0 fully saturated rings. The molecule has 0 atom stereocenters. The fourth-order valence-corrected chi connectivity index (χ4v) is 2.45. The van der Waals surface area contributed by atoms with E-state index in [1.807, 2.05) is 26.2 Å². The Morgan fingerprint density at radius 3 is 2.77 bits per heavy atom. The van der Waals surface area contributed by atoms with Crippen molar-refractivity contribution in [3.63, 3.8) is 0 Å². The molecule has 0 radical (unpaired) electrons. The molecule has 7 heteroatoms. The highest BCUT2D eigenvalue weighted by atomic mass is 15.3. The molecular formula is C15H19N7. The summed E-state index contributed by atoms with van der Waals surface area (Å²) < 4.78 is 3.73. The van der Waals surface area contributed by atoms with Gasteiger partial charge >= 0.3 is 0 Å². The molecule has 3 aromatic rings. The molecule has 2 N–H and O–H groups in total. The summed E-state index contributed by atoms with van der Waals surface area (Å²) in [6, 6.07) is 4.05. The van der Waals surface area contributed by atoms with E-state index in [9.17, 15) is 0 Å². The van der Waals surface area contributed by atoms with E-state index in [0.29, 0.717) is 5.82 Å². The Morgan fingerprint density at radius 2 is 2.09 bits per heavy atom. The lowest BCUT2D eigenvalue weighted by Crippen LogP contribution is -2.06. The standard InChI is InChI=1S/C15H19N7/c1-11-19-20-15(13-10-18-21(2)14(13)16)22(11)8-4-6-12-5-3-7-17-9-12/h3,5,7,9-10H,4,6,8,16H2,1-2H3. The second-order valence-corrected chi connectivity index (χ2v) is 5.25. The molecule has 3 aromatic heterocycles. The molecule has 0 spiro atoms. The first-order valence-corrected chi connectivity index (χ1v) is 7.23. The molecule has 0 aliphatic carbocycles. The Morgan fingerprint density at radius 1 is 1.23 bits per heavy atom. The summed E-state index contributed by atoms with van der Waals surface area (Å²) in [5.41, 5.74) is 8.10. The number of pyridine rings is 1. The van der Waals surface area contributed by atoms with Crippen LogP contribution in [-0.2, 0) is 20.0 Å². The Hall–Kier alpha value is -2.70. The van der Waals surface area contributed by atoms with Crippen molar-refractivity contribution >= 4 is 5.82 Å². The lowest BCUT2D eigenvalue weighted by Gasteiger charge is -2.08. The van der Waals surface area contributed by atoms with Crippen molar-refractivity contribution in [2.75, 3.05) is 5.73 Å². The Balaban J connectivity index is 1.77. The van der Waals surface area contributed by atoms with E-state index in [1.165, 1.54) is 5.56 Å². The summed E-state index contributed by atoms with van der Waals surface area (Å²) in [5, 5.41) is 12.6. The van der Waals surface area contributed by atoms with Gasteiger partial charge in [-0.05, 0) is 31.4 Å². The molecule has 0 amide bonds. The lowest BCUT2D eigenvalue weighted by molar-refractivity contribution is 0.629. The smallest absolute Gasteiger partial charge is 0.169 e. The molecular weight excluding hydrogens is 278 g/mol. The Labute approximate surface area is 128 Å². The van der Waals surface area contributed by atoms with Crippen LogP contribution in [-0.4, -0.2) is 29.5 Å². The van der Waals surface area contributed by atoms with Crippen molar-refractivity contribution in [3.8, 4) is 11.4 Å². The van der Waals surface area contributed by atoms with Crippen LogP contribution in [0.1, 0.15) is 17.8 Å². The van der Waals surface area contributed by atoms with Gasteiger partial charge in [0.1, 0.15) is 11.6 Å². The second kappa shape index (κ2) is 5.97. The molecule has 0 aliphatic rings. The maximum Gasteiger partial charge on any atom is 0.169 e. The number of rotatable bonds is 5. The second-order valence-electron chi connectivity index (χ2n) is 5.25.